The van der Waals surface area contributed by atoms with Crippen LogP contribution >= 0.6 is 11.6 Å². The van der Waals surface area contributed by atoms with Gasteiger partial charge in [0.2, 0.25) is 0 Å². The molecule has 1 aliphatic rings. The second-order valence-electron chi connectivity index (χ2n) is 7.88. The van der Waals surface area contributed by atoms with Crippen molar-refractivity contribution in [3.63, 3.8) is 0 Å². The number of carbonyl (C=O) groups excluding carboxylic acids is 1. The van der Waals surface area contributed by atoms with Crippen molar-refractivity contribution in [1.82, 2.24) is 9.97 Å². The molecule has 0 bridgehead atoms. The first-order valence-corrected chi connectivity index (χ1v) is 10.5. The Balaban J connectivity index is 1.41. The van der Waals surface area contributed by atoms with E-state index < -0.39 is 0 Å². The fourth-order valence-electron chi connectivity index (χ4n) is 4.22. The van der Waals surface area contributed by atoms with Crippen LogP contribution in [0.4, 0.5) is 5.69 Å². The Labute approximate surface area is 184 Å². The Bertz CT molecular complexity index is 1330. The van der Waals surface area contributed by atoms with Crippen LogP contribution in [0.15, 0.2) is 66.7 Å². The molecule has 5 nitrogen and oxygen atoms in total. The van der Waals surface area contributed by atoms with Crippen molar-refractivity contribution < 1.29 is 4.79 Å². The van der Waals surface area contributed by atoms with Crippen LogP contribution in [0, 0.1) is 11.3 Å². The lowest BCUT2D eigenvalue weighted by Gasteiger charge is -2.40. The average molecular weight is 427 g/mol. The molecule has 5 rings (SSSR count). The first-order chi connectivity index (χ1) is 15.1. The smallest absolute Gasteiger partial charge is 0.255 e. The fourth-order valence-corrected chi connectivity index (χ4v) is 4.44. The van der Waals surface area contributed by atoms with Gasteiger partial charge in [0.1, 0.15) is 11.3 Å². The molecule has 1 aromatic heterocycles. The molecule has 0 unspecified atom stereocenters. The summed E-state index contributed by atoms with van der Waals surface area (Å²) < 4.78 is 0. The molecule has 1 aliphatic carbocycles. The highest BCUT2D eigenvalue weighted by molar-refractivity contribution is 6.34. The molecule has 1 heterocycles. The van der Waals surface area contributed by atoms with Gasteiger partial charge in [0.15, 0.2) is 0 Å². The van der Waals surface area contributed by atoms with Gasteiger partial charge in [-0.3, -0.25) is 4.79 Å². The third-order valence-electron chi connectivity index (χ3n) is 6.07. The molecular weight excluding hydrogens is 408 g/mol. The van der Waals surface area contributed by atoms with Gasteiger partial charge in [0.25, 0.3) is 5.91 Å². The summed E-state index contributed by atoms with van der Waals surface area (Å²) in [5, 5.41) is 12.6. The van der Waals surface area contributed by atoms with Crippen LogP contribution in [0.5, 0.6) is 0 Å². The Morgan fingerprint density at radius 2 is 1.87 bits per heavy atom. The van der Waals surface area contributed by atoms with Crippen LogP contribution in [0.1, 0.15) is 46.6 Å². The summed E-state index contributed by atoms with van der Waals surface area (Å²) in [6.07, 6.45) is 3.16. The number of anilines is 1. The van der Waals surface area contributed by atoms with E-state index in [0.717, 1.165) is 36.1 Å². The van der Waals surface area contributed by atoms with Gasteiger partial charge < -0.3 is 10.3 Å². The molecular formula is C25H19ClN4O. The summed E-state index contributed by atoms with van der Waals surface area (Å²) in [7, 11) is 0. The number of nitrogens with zero attached hydrogens (tertiary/aromatic N) is 2. The lowest BCUT2D eigenvalue weighted by Crippen LogP contribution is -2.36. The van der Waals surface area contributed by atoms with Gasteiger partial charge >= 0.3 is 0 Å². The molecule has 2 N–H and O–H groups in total. The standard InChI is InChI=1S/C25H19ClN4O/c26-20-6-2-7-21-22(20)30-24(29-21)25(12-3-13-25)18-8-10-19(11-9-18)28-23(31)17-5-1-4-16(14-17)15-27/h1-2,4-11,14H,3,12-13H2,(H,28,31)(H,29,30). The van der Waals surface area contributed by atoms with Crippen molar-refractivity contribution in [3.05, 3.63) is 94.3 Å². The minimum absolute atomic E-state index is 0.161. The molecule has 0 atom stereocenters. The fraction of sp³-hybridized carbons (Fsp3) is 0.160. The number of aromatic amines is 1. The maximum atomic E-state index is 12.5. The van der Waals surface area contributed by atoms with E-state index in [4.69, 9.17) is 21.8 Å². The third kappa shape index (κ3) is 3.35. The van der Waals surface area contributed by atoms with Crippen LogP contribution < -0.4 is 5.32 Å². The topological polar surface area (TPSA) is 81.6 Å². The van der Waals surface area contributed by atoms with Gasteiger partial charge in [-0.25, -0.2) is 4.98 Å². The van der Waals surface area contributed by atoms with Crippen molar-refractivity contribution in [1.29, 1.82) is 5.26 Å². The summed E-state index contributed by atoms with van der Waals surface area (Å²) in [5.74, 6) is 0.696. The zero-order chi connectivity index (χ0) is 21.4. The van der Waals surface area contributed by atoms with E-state index in [9.17, 15) is 4.79 Å². The van der Waals surface area contributed by atoms with Gasteiger partial charge in [-0.1, -0.05) is 42.3 Å². The monoisotopic (exact) mass is 426 g/mol. The van der Waals surface area contributed by atoms with Crippen molar-refractivity contribution in [2.75, 3.05) is 5.32 Å². The molecule has 1 amide bonds. The zero-order valence-corrected chi connectivity index (χ0v) is 17.4. The van der Waals surface area contributed by atoms with Crippen LogP contribution in [0.2, 0.25) is 5.02 Å². The summed E-state index contributed by atoms with van der Waals surface area (Å²) in [4.78, 5) is 20.8. The lowest BCUT2D eigenvalue weighted by atomic mass is 9.64. The zero-order valence-electron chi connectivity index (χ0n) is 16.7. The van der Waals surface area contributed by atoms with Crippen molar-refractivity contribution in [3.8, 4) is 6.07 Å². The Morgan fingerprint density at radius 3 is 2.55 bits per heavy atom. The number of carbonyl (C=O) groups is 1. The molecule has 0 saturated heterocycles. The SMILES string of the molecule is N#Cc1cccc(C(=O)Nc2ccc(C3(c4nc5c(Cl)cccc5[nH]4)CCC3)cc2)c1. The van der Waals surface area contributed by atoms with E-state index in [0.29, 0.717) is 21.8 Å². The minimum Gasteiger partial charge on any atom is -0.341 e. The first kappa shape index (κ1) is 19.3. The molecule has 0 spiro atoms. The number of hydrogen-bond donors (Lipinski definition) is 2. The number of fused-ring (bicyclic) bond motifs is 1. The predicted molar refractivity (Wildman–Crippen MR) is 121 cm³/mol. The van der Waals surface area contributed by atoms with E-state index in [1.807, 2.05) is 30.3 Å². The number of rotatable bonds is 4. The molecule has 0 aliphatic heterocycles. The van der Waals surface area contributed by atoms with E-state index in [-0.39, 0.29) is 11.3 Å². The van der Waals surface area contributed by atoms with Gasteiger partial charge in [0, 0.05) is 11.3 Å². The van der Waals surface area contributed by atoms with Crippen molar-refractivity contribution in [2.24, 2.45) is 0 Å². The maximum absolute atomic E-state index is 12.5. The summed E-state index contributed by atoms with van der Waals surface area (Å²) in [6.45, 7) is 0. The normalized spacial score (nSPS) is 14.6. The Hall–Kier alpha value is -3.62. The van der Waals surface area contributed by atoms with Crippen LogP contribution in [0.25, 0.3) is 11.0 Å². The van der Waals surface area contributed by atoms with Crippen LogP contribution in [-0.2, 0) is 5.41 Å². The molecule has 3 aromatic carbocycles. The van der Waals surface area contributed by atoms with E-state index in [1.165, 1.54) is 5.56 Å². The molecule has 4 aromatic rings. The van der Waals surface area contributed by atoms with Crippen LogP contribution in [-0.4, -0.2) is 15.9 Å². The van der Waals surface area contributed by atoms with Gasteiger partial charge in [-0.15, -0.1) is 0 Å². The number of hydrogen-bond acceptors (Lipinski definition) is 3. The number of aromatic nitrogens is 2. The van der Waals surface area contributed by atoms with E-state index in [1.54, 1.807) is 24.3 Å². The third-order valence-corrected chi connectivity index (χ3v) is 6.38. The second-order valence-corrected chi connectivity index (χ2v) is 8.29. The Morgan fingerprint density at radius 1 is 1.10 bits per heavy atom. The first-order valence-electron chi connectivity index (χ1n) is 10.2. The molecule has 1 fully saturated rings. The summed E-state index contributed by atoms with van der Waals surface area (Å²) in [6, 6.07) is 22.4. The second kappa shape index (κ2) is 7.57. The molecule has 6 heteroatoms. The predicted octanol–water partition coefficient (Wildman–Crippen LogP) is 5.81. The van der Waals surface area contributed by atoms with Gasteiger partial charge in [-0.05, 0) is 60.9 Å². The number of halogens is 1. The highest BCUT2D eigenvalue weighted by atomic mass is 35.5. The largest absolute Gasteiger partial charge is 0.341 e. The quantitative estimate of drug-likeness (QED) is 0.432. The number of imidazole rings is 1. The molecule has 1 saturated carbocycles. The van der Waals surface area contributed by atoms with E-state index >= 15 is 0 Å². The van der Waals surface area contributed by atoms with E-state index in [2.05, 4.69) is 28.5 Å². The molecule has 0 radical (unpaired) electrons. The number of benzene rings is 3. The number of H-pyrrole nitrogens is 1. The number of nitriles is 1. The number of nitrogens with one attached hydrogen (secondary N) is 2. The lowest BCUT2D eigenvalue weighted by molar-refractivity contribution is 0.102. The van der Waals surface area contributed by atoms with Crippen molar-refractivity contribution in [2.45, 2.75) is 24.7 Å². The minimum atomic E-state index is -0.241. The van der Waals surface area contributed by atoms with Crippen molar-refractivity contribution >= 4 is 34.2 Å². The highest BCUT2D eigenvalue weighted by Gasteiger charge is 2.43. The summed E-state index contributed by atoms with van der Waals surface area (Å²) in [5.41, 5.74) is 4.37. The van der Waals surface area contributed by atoms with Crippen LogP contribution in [0.3, 0.4) is 0 Å². The summed E-state index contributed by atoms with van der Waals surface area (Å²) >= 11 is 6.33. The Kier molecular flexibility index (Phi) is 4.72. The molecule has 31 heavy (non-hydrogen) atoms. The molecule has 152 valence electrons. The average Bonchev–Trinajstić information content (AvgIpc) is 3.20. The highest BCUT2D eigenvalue weighted by Crippen LogP contribution is 2.48. The number of amides is 1. The number of para-hydroxylation sites is 1. The van der Waals surface area contributed by atoms with Gasteiger partial charge in [0.05, 0.1) is 27.6 Å². The maximum Gasteiger partial charge on any atom is 0.255 e. The van der Waals surface area contributed by atoms with Gasteiger partial charge in [-0.2, -0.15) is 5.26 Å².